The van der Waals surface area contributed by atoms with Crippen molar-refractivity contribution in [3.05, 3.63) is 54.2 Å². The van der Waals surface area contributed by atoms with E-state index in [1.54, 1.807) is 0 Å². The summed E-state index contributed by atoms with van der Waals surface area (Å²) in [7, 11) is 0. The summed E-state index contributed by atoms with van der Waals surface area (Å²) >= 11 is 0. The molecule has 2 rings (SSSR count). The smallest absolute Gasteiger partial charge is 0.217 e. The summed E-state index contributed by atoms with van der Waals surface area (Å²) in [6, 6.07) is 11.6. The first kappa shape index (κ1) is 11.5. The Morgan fingerprint density at radius 3 is 2.71 bits per heavy atom. The summed E-state index contributed by atoms with van der Waals surface area (Å²) in [6.07, 6.45) is 2.08. The van der Waals surface area contributed by atoms with E-state index in [0.29, 0.717) is 5.82 Å². The molecular weight excluding hydrogens is 217 g/mol. The van der Waals surface area contributed by atoms with Crippen molar-refractivity contribution in [2.75, 3.05) is 5.32 Å². The molecule has 0 fully saturated rings. The van der Waals surface area contributed by atoms with Gasteiger partial charge in [-0.3, -0.25) is 0 Å². The van der Waals surface area contributed by atoms with Crippen LogP contribution >= 0.6 is 0 Å². The Morgan fingerprint density at radius 1 is 1.24 bits per heavy atom. The maximum absolute atomic E-state index is 12.9. The van der Waals surface area contributed by atoms with Gasteiger partial charge in [0, 0.05) is 12.1 Å². The van der Waals surface area contributed by atoms with Crippen molar-refractivity contribution in [1.29, 1.82) is 0 Å². The monoisotopic (exact) mass is 231 g/mol. The zero-order chi connectivity index (χ0) is 12.1. The fourth-order valence-corrected chi connectivity index (χ4v) is 1.68. The molecule has 0 aliphatic carbocycles. The fourth-order valence-electron chi connectivity index (χ4n) is 1.68. The van der Waals surface area contributed by atoms with Crippen LogP contribution in [0, 0.1) is 5.95 Å². The number of benzene rings is 1. The fraction of sp³-hybridized carbons (Fsp3) is 0.231. The van der Waals surface area contributed by atoms with Crippen molar-refractivity contribution in [1.82, 2.24) is 9.97 Å². The SMILES string of the molecule is CC(Cc1ccccc1)Nc1cc(F)ncn1. The standard InChI is InChI=1S/C13H14FN3/c1-10(7-11-5-3-2-4-6-11)17-13-8-12(14)15-9-16-13/h2-6,8-10H,7H2,1H3,(H,15,16,17). The van der Waals surface area contributed by atoms with Crippen molar-refractivity contribution >= 4 is 5.82 Å². The molecule has 0 spiro atoms. The maximum atomic E-state index is 12.9. The normalized spacial score (nSPS) is 12.1. The van der Waals surface area contributed by atoms with E-state index in [4.69, 9.17) is 0 Å². The molecule has 3 nitrogen and oxygen atoms in total. The van der Waals surface area contributed by atoms with E-state index in [0.717, 1.165) is 6.42 Å². The number of halogens is 1. The number of hydrogen-bond donors (Lipinski definition) is 1. The lowest BCUT2D eigenvalue weighted by Crippen LogP contribution is -2.19. The molecule has 1 N–H and O–H groups in total. The molecule has 0 saturated carbocycles. The van der Waals surface area contributed by atoms with Crippen LogP contribution in [-0.4, -0.2) is 16.0 Å². The molecule has 0 bridgehead atoms. The van der Waals surface area contributed by atoms with Crippen LogP contribution in [0.2, 0.25) is 0 Å². The largest absolute Gasteiger partial charge is 0.367 e. The van der Waals surface area contributed by atoms with Gasteiger partial charge in [0.25, 0.3) is 0 Å². The van der Waals surface area contributed by atoms with Gasteiger partial charge < -0.3 is 5.32 Å². The molecule has 4 heteroatoms. The second-order valence-electron chi connectivity index (χ2n) is 3.96. The number of nitrogens with one attached hydrogen (secondary N) is 1. The van der Waals surface area contributed by atoms with E-state index in [1.165, 1.54) is 18.0 Å². The Kier molecular flexibility index (Phi) is 3.65. The molecule has 0 saturated heterocycles. The Hall–Kier alpha value is -1.97. The van der Waals surface area contributed by atoms with Crippen LogP contribution in [0.1, 0.15) is 12.5 Å². The van der Waals surface area contributed by atoms with Crippen molar-refractivity contribution < 1.29 is 4.39 Å². The van der Waals surface area contributed by atoms with Crippen LogP contribution in [0.3, 0.4) is 0 Å². The third-order valence-electron chi connectivity index (χ3n) is 2.41. The molecule has 1 unspecified atom stereocenters. The lowest BCUT2D eigenvalue weighted by Gasteiger charge is -2.14. The van der Waals surface area contributed by atoms with Crippen molar-refractivity contribution in [2.24, 2.45) is 0 Å². The van der Waals surface area contributed by atoms with Gasteiger partial charge in [0.05, 0.1) is 0 Å². The van der Waals surface area contributed by atoms with Crippen LogP contribution in [0.15, 0.2) is 42.7 Å². The molecule has 0 radical (unpaired) electrons. The number of rotatable bonds is 4. The van der Waals surface area contributed by atoms with Crippen LogP contribution in [0.25, 0.3) is 0 Å². The average molecular weight is 231 g/mol. The van der Waals surface area contributed by atoms with Gasteiger partial charge in [-0.1, -0.05) is 30.3 Å². The van der Waals surface area contributed by atoms with Crippen molar-refractivity contribution in [2.45, 2.75) is 19.4 Å². The summed E-state index contributed by atoms with van der Waals surface area (Å²) in [5, 5.41) is 3.14. The summed E-state index contributed by atoms with van der Waals surface area (Å²) in [5.41, 5.74) is 1.24. The minimum atomic E-state index is -0.519. The highest BCUT2D eigenvalue weighted by Gasteiger charge is 2.05. The first-order valence-corrected chi connectivity index (χ1v) is 5.52. The van der Waals surface area contributed by atoms with E-state index in [-0.39, 0.29) is 6.04 Å². The van der Waals surface area contributed by atoms with Gasteiger partial charge in [0.2, 0.25) is 5.95 Å². The summed E-state index contributed by atoms with van der Waals surface area (Å²) in [5.74, 6) is -0.00431. The third kappa shape index (κ3) is 3.52. The molecule has 0 amide bonds. The predicted molar refractivity (Wildman–Crippen MR) is 65.2 cm³/mol. The minimum absolute atomic E-state index is 0.187. The van der Waals surface area contributed by atoms with Crippen LogP contribution in [-0.2, 0) is 6.42 Å². The number of nitrogens with zero attached hydrogens (tertiary/aromatic N) is 2. The van der Waals surface area contributed by atoms with Crippen molar-refractivity contribution in [3.8, 4) is 0 Å². The van der Waals surface area contributed by atoms with E-state index < -0.39 is 5.95 Å². The molecule has 17 heavy (non-hydrogen) atoms. The predicted octanol–water partition coefficient (Wildman–Crippen LogP) is 2.66. The van der Waals surface area contributed by atoms with Crippen LogP contribution < -0.4 is 5.32 Å². The lowest BCUT2D eigenvalue weighted by atomic mass is 10.1. The highest BCUT2D eigenvalue weighted by molar-refractivity contribution is 5.34. The third-order valence-corrected chi connectivity index (χ3v) is 2.41. The van der Waals surface area contributed by atoms with Gasteiger partial charge in [-0.15, -0.1) is 0 Å². The molecule has 2 aromatic rings. The number of anilines is 1. The van der Waals surface area contributed by atoms with Crippen LogP contribution in [0.5, 0.6) is 0 Å². The minimum Gasteiger partial charge on any atom is -0.367 e. The van der Waals surface area contributed by atoms with E-state index >= 15 is 0 Å². The zero-order valence-corrected chi connectivity index (χ0v) is 9.60. The Labute approximate surface area is 99.7 Å². The molecule has 88 valence electrons. The number of hydrogen-bond acceptors (Lipinski definition) is 3. The molecule has 0 aliphatic rings. The Balaban J connectivity index is 1.96. The van der Waals surface area contributed by atoms with Crippen LogP contribution in [0.4, 0.5) is 10.2 Å². The van der Waals surface area contributed by atoms with Gasteiger partial charge in [0.1, 0.15) is 12.1 Å². The second kappa shape index (κ2) is 5.39. The average Bonchev–Trinajstić information content (AvgIpc) is 2.30. The molecule has 1 aromatic carbocycles. The highest BCUT2D eigenvalue weighted by atomic mass is 19.1. The first-order valence-electron chi connectivity index (χ1n) is 5.52. The summed E-state index contributed by atoms with van der Waals surface area (Å²) < 4.78 is 12.9. The second-order valence-corrected chi connectivity index (χ2v) is 3.96. The first-order chi connectivity index (χ1) is 8.24. The quantitative estimate of drug-likeness (QED) is 0.822. The lowest BCUT2D eigenvalue weighted by molar-refractivity contribution is 0.579. The molecule has 1 heterocycles. The number of aromatic nitrogens is 2. The van der Waals surface area contributed by atoms with Gasteiger partial charge >= 0.3 is 0 Å². The summed E-state index contributed by atoms with van der Waals surface area (Å²) in [6.45, 7) is 2.03. The van der Waals surface area contributed by atoms with Gasteiger partial charge in [-0.2, -0.15) is 4.39 Å². The Bertz CT molecular complexity index is 473. The molecule has 0 aliphatic heterocycles. The maximum Gasteiger partial charge on any atom is 0.217 e. The van der Waals surface area contributed by atoms with E-state index in [1.807, 2.05) is 25.1 Å². The van der Waals surface area contributed by atoms with E-state index in [2.05, 4.69) is 27.4 Å². The van der Waals surface area contributed by atoms with Crippen molar-refractivity contribution in [3.63, 3.8) is 0 Å². The topological polar surface area (TPSA) is 37.8 Å². The molecule has 1 atom stereocenters. The molecular formula is C13H14FN3. The highest BCUT2D eigenvalue weighted by Crippen LogP contribution is 2.08. The zero-order valence-electron chi connectivity index (χ0n) is 9.60. The van der Waals surface area contributed by atoms with E-state index in [9.17, 15) is 4.39 Å². The van der Waals surface area contributed by atoms with Gasteiger partial charge in [0.15, 0.2) is 0 Å². The van der Waals surface area contributed by atoms with Gasteiger partial charge in [-0.05, 0) is 18.9 Å². The Morgan fingerprint density at radius 2 is 2.00 bits per heavy atom. The molecule has 1 aromatic heterocycles. The summed E-state index contributed by atoms with van der Waals surface area (Å²) in [4.78, 5) is 7.37. The van der Waals surface area contributed by atoms with Gasteiger partial charge in [-0.25, -0.2) is 9.97 Å².